The average Bonchev–Trinajstić information content (AvgIpc) is 2.79. The largest absolute Gasteiger partial charge is 0.493 e. The molecule has 3 rings (SSSR count). The van der Waals surface area contributed by atoms with E-state index in [0.29, 0.717) is 30.0 Å². The summed E-state index contributed by atoms with van der Waals surface area (Å²) in [6.45, 7) is 5.20. The topological polar surface area (TPSA) is 62.2 Å². The molecule has 0 aromatic heterocycles. The quantitative estimate of drug-likeness (QED) is 0.553. The summed E-state index contributed by atoms with van der Waals surface area (Å²) in [5.74, 6) is 1.01. The maximum atomic E-state index is 13.0. The van der Waals surface area contributed by atoms with Crippen molar-refractivity contribution in [3.8, 4) is 11.5 Å². The minimum Gasteiger partial charge on any atom is -0.493 e. The number of halogens is 1. The summed E-state index contributed by atoms with van der Waals surface area (Å²) in [5.41, 5.74) is 0.565. The SMILES string of the molecule is COc1ccccc1OCC(O)CN1CCN(CCCC(=O)c2ccc(F)cc2)CC1. The normalized spacial score (nSPS) is 16.1. The van der Waals surface area contributed by atoms with Crippen molar-refractivity contribution in [1.82, 2.24) is 9.80 Å². The first-order valence-electron chi connectivity index (χ1n) is 10.7. The molecule has 0 bridgehead atoms. The number of aliphatic hydroxyl groups is 1. The van der Waals surface area contributed by atoms with Gasteiger partial charge in [0.2, 0.25) is 0 Å². The third-order valence-corrected chi connectivity index (χ3v) is 5.48. The first-order valence-corrected chi connectivity index (χ1v) is 10.7. The lowest BCUT2D eigenvalue weighted by Gasteiger charge is -2.35. The van der Waals surface area contributed by atoms with E-state index in [2.05, 4.69) is 9.80 Å². The van der Waals surface area contributed by atoms with E-state index < -0.39 is 6.10 Å². The lowest BCUT2D eigenvalue weighted by Crippen LogP contribution is -2.49. The van der Waals surface area contributed by atoms with E-state index in [0.717, 1.165) is 39.1 Å². The molecule has 1 saturated heterocycles. The zero-order valence-electron chi connectivity index (χ0n) is 18.0. The Morgan fingerprint density at radius 3 is 2.35 bits per heavy atom. The number of aliphatic hydroxyl groups excluding tert-OH is 1. The first-order chi connectivity index (χ1) is 15.0. The van der Waals surface area contributed by atoms with Crippen LogP contribution in [-0.2, 0) is 0 Å². The van der Waals surface area contributed by atoms with Gasteiger partial charge in [0.1, 0.15) is 18.5 Å². The molecule has 0 spiro atoms. The average molecular weight is 431 g/mol. The molecule has 6 nitrogen and oxygen atoms in total. The molecule has 7 heteroatoms. The highest BCUT2D eigenvalue weighted by Crippen LogP contribution is 2.25. The molecule has 2 aromatic rings. The van der Waals surface area contributed by atoms with Crippen molar-refractivity contribution in [1.29, 1.82) is 0 Å². The number of carbonyl (C=O) groups is 1. The monoisotopic (exact) mass is 430 g/mol. The van der Waals surface area contributed by atoms with Gasteiger partial charge >= 0.3 is 0 Å². The summed E-state index contributed by atoms with van der Waals surface area (Å²) >= 11 is 0. The van der Waals surface area contributed by atoms with Gasteiger partial charge in [0.15, 0.2) is 17.3 Å². The van der Waals surface area contributed by atoms with Gasteiger partial charge in [-0.2, -0.15) is 0 Å². The fourth-order valence-electron chi connectivity index (χ4n) is 3.71. The molecule has 2 aromatic carbocycles. The molecule has 1 heterocycles. The number of carbonyl (C=O) groups excluding carboxylic acids is 1. The number of benzene rings is 2. The van der Waals surface area contributed by atoms with Gasteiger partial charge < -0.3 is 19.5 Å². The van der Waals surface area contributed by atoms with Crippen molar-refractivity contribution in [3.05, 3.63) is 59.9 Å². The van der Waals surface area contributed by atoms with Crippen molar-refractivity contribution < 1.29 is 23.8 Å². The number of para-hydroxylation sites is 2. The zero-order chi connectivity index (χ0) is 22.1. The van der Waals surface area contributed by atoms with Gasteiger partial charge in [-0.15, -0.1) is 0 Å². The second-order valence-corrected chi connectivity index (χ2v) is 7.79. The highest BCUT2D eigenvalue weighted by molar-refractivity contribution is 5.95. The van der Waals surface area contributed by atoms with Crippen LogP contribution in [0.5, 0.6) is 11.5 Å². The third kappa shape index (κ3) is 7.31. The minimum absolute atomic E-state index is 0.0526. The molecule has 0 aliphatic carbocycles. The molecule has 31 heavy (non-hydrogen) atoms. The standard InChI is InChI=1S/C24H31FN2O4/c1-30-23-6-2-3-7-24(23)31-18-21(28)17-27-15-13-26(14-16-27)12-4-5-22(29)19-8-10-20(25)11-9-19/h2-3,6-11,21,28H,4-5,12-18H2,1H3. The lowest BCUT2D eigenvalue weighted by atomic mass is 10.1. The predicted molar refractivity (Wildman–Crippen MR) is 117 cm³/mol. The summed E-state index contributed by atoms with van der Waals surface area (Å²) < 4.78 is 23.9. The van der Waals surface area contributed by atoms with Gasteiger partial charge in [-0.05, 0) is 49.4 Å². The van der Waals surface area contributed by atoms with E-state index in [9.17, 15) is 14.3 Å². The molecule has 1 aliphatic heterocycles. The molecule has 0 saturated carbocycles. The highest BCUT2D eigenvalue weighted by Gasteiger charge is 2.20. The van der Waals surface area contributed by atoms with Gasteiger partial charge in [0, 0.05) is 44.7 Å². The highest BCUT2D eigenvalue weighted by atomic mass is 19.1. The first kappa shape index (κ1) is 23.2. The van der Waals surface area contributed by atoms with E-state index in [1.165, 1.54) is 12.1 Å². The number of methoxy groups -OCH3 is 1. The Morgan fingerprint density at radius 1 is 1.03 bits per heavy atom. The van der Waals surface area contributed by atoms with E-state index in [4.69, 9.17) is 9.47 Å². The summed E-state index contributed by atoms with van der Waals surface area (Å²) in [4.78, 5) is 16.8. The summed E-state index contributed by atoms with van der Waals surface area (Å²) in [7, 11) is 1.59. The van der Waals surface area contributed by atoms with Crippen molar-refractivity contribution in [2.45, 2.75) is 18.9 Å². The van der Waals surface area contributed by atoms with E-state index in [-0.39, 0.29) is 18.2 Å². The minimum atomic E-state index is -0.579. The van der Waals surface area contributed by atoms with Crippen LogP contribution in [0.2, 0.25) is 0 Å². The summed E-state index contributed by atoms with van der Waals surface area (Å²) in [5, 5.41) is 10.3. The Balaban J connectivity index is 1.31. The van der Waals surface area contributed by atoms with Gasteiger partial charge in [0.05, 0.1) is 7.11 Å². The van der Waals surface area contributed by atoms with E-state index in [1.807, 2.05) is 24.3 Å². The molecule has 1 atom stereocenters. The van der Waals surface area contributed by atoms with Crippen molar-refractivity contribution in [2.24, 2.45) is 0 Å². The smallest absolute Gasteiger partial charge is 0.162 e. The molecule has 1 fully saturated rings. The lowest BCUT2D eigenvalue weighted by molar-refractivity contribution is 0.0451. The van der Waals surface area contributed by atoms with Gasteiger partial charge in [-0.25, -0.2) is 4.39 Å². The number of piperazine rings is 1. The maximum absolute atomic E-state index is 13.0. The molecular weight excluding hydrogens is 399 g/mol. The van der Waals surface area contributed by atoms with E-state index in [1.54, 1.807) is 19.2 Å². The number of hydrogen-bond donors (Lipinski definition) is 1. The van der Waals surface area contributed by atoms with Crippen LogP contribution in [0.3, 0.4) is 0 Å². The summed E-state index contributed by atoms with van der Waals surface area (Å²) in [6, 6.07) is 13.1. The van der Waals surface area contributed by atoms with E-state index >= 15 is 0 Å². The number of hydrogen-bond acceptors (Lipinski definition) is 6. The molecular formula is C24H31FN2O4. The summed E-state index contributed by atoms with van der Waals surface area (Å²) in [6.07, 6.45) is 0.668. The van der Waals surface area contributed by atoms with Crippen LogP contribution in [0.25, 0.3) is 0 Å². The van der Waals surface area contributed by atoms with Gasteiger partial charge in [0.25, 0.3) is 0 Å². The number of β-amino-alcohol motifs (C(OH)–C–C–N with tert-alkyl or cyclic N) is 1. The Bertz CT molecular complexity index is 823. The Hall–Kier alpha value is -2.48. The molecule has 0 amide bonds. The fraction of sp³-hybridized carbons (Fsp3) is 0.458. The van der Waals surface area contributed by atoms with Crippen molar-refractivity contribution in [3.63, 3.8) is 0 Å². The second kappa shape index (κ2) is 11.8. The van der Waals surface area contributed by atoms with Crippen LogP contribution in [0.1, 0.15) is 23.2 Å². The van der Waals surface area contributed by atoms with Crippen LogP contribution in [-0.4, -0.2) is 79.8 Å². The van der Waals surface area contributed by atoms with Crippen LogP contribution in [0.4, 0.5) is 4.39 Å². The molecule has 168 valence electrons. The van der Waals surface area contributed by atoms with Crippen molar-refractivity contribution in [2.75, 3.05) is 53.0 Å². The van der Waals surface area contributed by atoms with Crippen LogP contribution >= 0.6 is 0 Å². The zero-order valence-corrected chi connectivity index (χ0v) is 18.0. The molecule has 1 aliphatic rings. The number of ether oxygens (including phenoxy) is 2. The van der Waals surface area contributed by atoms with Crippen LogP contribution in [0.15, 0.2) is 48.5 Å². The Kier molecular flexibility index (Phi) is 8.82. The number of nitrogens with zero attached hydrogens (tertiary/aromatic N) is 2. The van der Waals surface area contributed by atoms with Crippen LogP contribution in [0, 0.1) is 5.82 Å². The number of Topliss-reactive ketones (excluding diaryl/α,β-unsaturated/α-hetero) is 1. The second-order valence-electron chi connectivity index (χ2n) is 7.79. The van der Waals surface area contributed by atoms with Crippen LogP contribution < -0.4 is 9.47 Å². The Labute approximate surface area is 183 Å². The van der Waals surface area contributed by atoms with Gasteiger partial charge in [-0.1, -0.05) is 12.1 Å². The Morgan fingerprint density at radius 2 is 1.68 bits per heavy atom. The predicted octanol–water partition coefficient (Wildman–Crippen LogP) is 2.85. The molecule has 0 radical (unpaired) electrons. The third-order valence-electron chi connectivity index (χ3n) is 5.48. The fourth-order valence-corrected chi connectivity index (χ4v) is 3.71. The molecule has 1 N–H and O–H groups in total. The maximum Gasteiger partial charge on any atom is 0.162 e. The number of rotatable bonds is 11. The number of ketones is 1. The van der Waals surface area contributed by atoms with Gasteiger partial charge in [-0.3, -0.25) is 9.69 Å². The molecule has 1 unspecified atom stereocenters. The van der Waals surface area contributed by atoms with Crippen molar-refractivity contribution >= 4 is 5.78 Å².